The van der Waals surface area contributed by atoms with Gasteiger partial charge in [0.25, 0.3) is 0 Å². The van der Waals surface area contributed by atoms with Gasteiger partial charge in [-0.25, -0.2) is 4.79 Å². The molecule has 2 aliphatic heterocycles. The van der Waals surface area contributed by atoms with Gasteiger partial charge in [-0.1, -0.05) is 24.3 Å². The number of carboxylic acids is 1. The summed E-state index contributed by atoms with van der Waals surface area (Å²) in [5.41, 5.74) is 4.12. The molecule has 114 valence electrons. The van der Waals surface area contributed by atoms with Crippen molar-refractivity contribution in [3.05, 3.63) is 81.7 Å². The van der Waals surface area contributed by atoms with Crippen molar-refractivity contribution in [3.63, 3.8) is 0 Å². The number of allylic oxidation sites excluding steroid dienone is 2. The molecule has 0 spiro atoms. The summed E-state index contributed by atoms with van der Waals surface area (Å²) >= 11 is 0. The minimum Gasteiger partial charge on any atom is -0.478 e. The number of aliphatic carboxylic acids is 1. The lowest BCUT2D eigenvalue weighted by Gasteiger charge is -2.17. The van der Waals surface area contributed by atoms with E-state index in [1.165, 1.54) is 6.20 Å². The summed E-state index contributed by atoms with van der Waals surface area (Å²) in [6, 6.07) is 4.12. The van der Waals surface area contributed by atoms with Gasteiger partial charge in [0.2, 0.25) is 0 Å². The van der Waals surface area contributed by atoms with Gasteiger partial charge in [-0.2, -0.15) is 0 Å². The molecule has 1 aliphatic carbocycles. The SMILES string of the molecule is Cl.O=C(O)C1=CN/C2=c3\cc4c(cc3/C=C\C=C/C2=C1)=NC=C4. The average molecular weight is 325 g/mol. The Morgan fingerprint density at radius 1 is 1.09 bits per heavy atom. The molecule has 3 aliphatic rings. The number of benzene rings is 1. The lowest BCUT2D eigenvalue weighted by atomic mass is 9.97. The molecule has 0 radical (unpaired) electrons. The van der Waals surface area contributed by atoms with E-state index < -0.39 is 5.97 Å². The summed E-state index contributed by atoms with van der Waals surface area (Å²) in [6.07, 6.45) is 14.8. The van der Waals surface area contributed by atoms with Crippen LogP contribution in [0.25, 0.3) is 17.8 Å². The zero-order chi connectivity index (χ0) is 15.1. The van der Waals surface area contributed by atoms with Crippen molar-refractivity contribution in [2.45, 2.75) is 0 Å². The summed E-state index contributed by atoms with van der Waals surface area (Å²) in [5, 5.41) is 14.3. The lowest BCUT2D eigenvalue weighted by Crippen LogP contribution is -2.26. The van der Waals surface area contributed by atoms with Crippen LogP contribution < -0.4 is 15.9 Å². The van der Waals surface area contributed by atoms with Crippen LogP contribution in [0, 0.1) is 0 Å². The Morgan fingerprint density at radius 3 is 2.74 bits per heavy atom. The number of carbonyl (C=O) groups is 1. The minimum absolute atomic E-state index is 0. The number of rotatable bonds is 1. The molecular formula is C18H13ClN2O2. The van der Waals surface area contributed by atoms with Crippen LogP contribution in [0.4, 0.5) is 0 Å². The molecule has 2 N–H and O–H groups in total. The van der Waals surface area contributed by atoms with Gasteiger partial charge in [0.1, 0.15) is 0 Å². The van der Waals surface area contributed by atoms with Crippen LogP contribution >= 0.6 is 12.4 Å². The lowest BCUT2D eigenvalue weighted by molar-refractivity contribution is -0.132. The molecule has 4 nitrogen and oxygen atoms in total. The molecule has 23 heavy (non-hydrogen) atoms. The van der Waals surface area contributed by atoms with E-state index in [2.05, 4.69) is 16.4 Å². The van der Waals surface area contributed by atoms with E-state index in [0.717, 1.165) is 33.0 Å². The summed E-state index contributed by atoms with van der Waals surface area (Å²) in [5.74, 6) is -0.944. The quantitative estimate of drug-likeness (QED) is 0.829. The van der Waals surface area contributed by atoms with Gasteiger partial charge in [0.15, 0.2) is 0 Å². The smallest absolute Gasteiger partial charge is 0.337 e. The van der Waals surface area contributed by atoms with Crippen LogP contribution in [-0.4, -0.2) is 11.1 Å². The van der Waals surface area contributed by atoms with E-state index in [1.807, 2.05) is 36.4 Å². The Hall–Kier alpha value is -2.85. The highest BCUT2D eigenvalue weighted by Gasteiger charge is 2.16. The second-order valence-corrected chi connectivity index (χ2v) is 5.19. The zero-order valence-corrected chi connectivity index (χ0v) is 12.8. The van der Waals surface area contributed by atoms with Crippen LogP contribution in [0.15, 0.2) is 65.0 Å². The van der Waals surface area contributed by atoms with E-state index in [-0.39, 0.29) is 18.0 Å². The van der Waals surface area contributed by atoms with Crippen molar-refractivity contribution in [1.29, 1.82) is 0 Å². The number of dihydropyridines is 1. The van der Waals surface area contributed by atoms with Crippen molar-refractivity contribution in [2.24, 2.45) is 4.99 Å². The third kappa shape index (κ3) is 2.53. The summed E-state index contributed by atoms with van der Waals surface area (Å²) in [7, 11) is 0. The zero-order valence-electron chi connectivity index (χ0n) is 12.0. The fraction of sp³-hybridized carbons (Fsp3) is 0. The molecule has 1 aromatic rings. The number of nitrogens with zero attached hydrogens (tertiary/aromatic N) is 1. The Morgan fingerprint density at radius 2 is 1.91 bits per heavy atom. The van der Waals surface area contributed by atoms with Crippen molar-refractivity contribution in [2.75, 3.05) is 0 Å². The van der Waals surface area contributed by atoms with Crippen LogP contribution in [-0.2, 0) is 4.79 Å². The predicted molar refractivity (Wildman–Crippen MR) is 92.0 cm³/mol. The predicted octanol–water partition coefficient (Wildman–Crippen LogP) is 1.90. The van der Waals surface area contributed by atoms with Gasteiger partial charge >= 0.3 is 5.97 Å². The van der Waals surface area contributed by atoms with Gasteiger partial charge in [0.05, 0.1) is 16.6 Å². The largest absolute Gasteiger partial charge is 0.478 e. The normalized spacial score (nSPS) is 21.6. The maximum atomic E-state index is 11.2. The molecule has 2 heterocycles. The summed E-state index contributed by atoms with van der Waals surface area (Å²) in [4.78, 5) is 15.5. The van der Waals surface area contributed by atoms with Crippen LogP contribution in [0.5, 0.6) is 0 Å². The molecule has 0 fully saturated rings. The molecule has 0 atom stereocenters. The fourth-order valence-corrected chi connectivity index (χ4v) is 2.74. The van der Waals surface area contributed by atoms with Crippen molar-refractivity contribution >= 4 is 36.2 Å². The summed E-state index contributed by atoms with van der Waals surface area (Å²) < 4.78 is 0. The number of nitrogens with one attached hydrogen (secondary N) is 1. The first-order valence-electron chi connectivity index (χ1n) is 6.92. The van der Waals surface area contributed by atoms with Gasteiger partial charge in [0, 0.05) is 23.2 Å². The van der Waals surface area contributed by atoms with E-state index in [0.29, 0.717) is 0 Å². The van der Waals surface area contributed by atoms with E-state index in [1.54, 1.807) is 12.3 Å². The molecule has 0 unspecified atom stereocenters. The van der Waals surface area contributed by atoms with Crippen molar-refractivity contribution < 1.29 is 9.90 Å². The number of fused-ring (bicyclic) bond motifs is 3. The first-order valence-corrected chi connectivity index (χ1v) is 6.92. The molecule has 0 saturated carbocycles. The second kappa shape index (κ2) is 5.74. The summed E-state index contributed by atoms with van der Waals surface area (Å²) in [6.45, 7) is 0. The Kier molecular flexibility index (Phi) is 3.76. The van der Waals surface area contributed by atoms with Gasteiger partial charge in [-0.05, 0) is 35.4 Å². The van der Waals surface area contributed by atoms with Gasteiger partial charge < -0.3 is 10.4 Å². The average Bonchev–Trinajstić information content (AvgIpc) is 2.95. The third-order valence-electron chi connectivity index (χ3n) is 3.82. The van der Waals surface area contributed by atoms with Crippen LogP contribution in [0.3, 0.4) is 0 Å². The van der Waals surface area contributed by atoms with E-state index in [9.17, 15) is 4.79 Å². The number of halogens is 1. The number of hydrogen-bond donors (Lipinski definition) is 2. The molecule has 0 bridgehead atoms. The van der Waals surface area contributed by atoms with Crippen molar-refractivity contribution in [3.8, 4) is 0 Å². The minimum atomic E-state index is -0.944. The van der Waals surface area contributed by atoms with Crippen molar-refractivity contribution in [1.82, 2.24) is 5.32 Å². The molecule has 5 heteroatoms. The Balaban J connectivity index is 0.00000156. The Labute approximate surface area is 138 Å². The molecule has 0 saturated heterocycles. The van der Waals surface area contributed by atoms with Gasteiger partial charge in [-0.3, -0.25) is 4.99 Å². The topological polar surface area (TPSA) is 61.7 Å². The highest BCUT2D eigenvalue weighted by molar-refractivity contribution is 5.93. The number of hydrogen-bond acceptors (Lipinski definition) is 3. The highest BCUT2D eigenvalue weighted by Crippen LogP contribution is 2.20. The Bertz CT molecular complexity index is 979. The monoisotopic (exact) mass is 324 g/mol. The van der Waals surface area contributed by atoms with E-state index >= 15 is 0 Å². The third-order valence-corrected chi connectivity index (χ3v) is 3.82. The fourth-order valence-electron chi connectivity index (χ4n) is 2.74. The second-order valence-electron chi connectivity index (χ2n) is 5.19. The first-order chi connectivity index (χ1) is 10.7. The highest BCUT2D eigenvalue weighted by atomic mass is 35.5. The number of carboxylic acid groups (broad SMARTS) is 1. The van der Waals surface area contributed by atoms with E-state index in [4.69, 9.17) is 5.11 Å². The van der Waals surface area contributed by atoms with Crippen LogP contribution in [0.1, 0.15) is 11.1 Å². The molecule has 0 aromatic heterocycles. The maximum absolute atomic E-state index is 11.2. The first kappa shape index (κ1) is 15.1. The molecule has 0 amide bonds. The standard InChI is InChI=1S/C18H12N2O2.ClH/c21-18(22)14-7-13-4-2-1-3-11-9-16-12(5-6-19-16)8-15(11)17(13)20-10-14;/h1-10,20H,(H,21,22);1H/b3-1-,4-2-,17-15+;. The molecular weight excluding hydrogens is 312 g/mol. The maximum Gasteiger partial charge on any atom is 0.337 e. The van der Waals surface area contributed by atoms with Gasteiger partial charge in [-0.15, -0.1) is 12.4 Å². The molecule has 4 rings (SSSR count). The van der Waals surface area contributed by atoms with Crippen LogP contribution in [0.2, 0.25) is 0 Å². The molecule has 1 aromatic carbocycles.